The van der Waals surface area contributed by atoms with Gasteiger partial charge in [-0.15, -0.1) is 11.3 Å². The number of nitrogens with one attached hydrogen (secondary N) is 1. The van der Waals surface area contributed by atoms with Gasteiger partial charge in [0.1, 0.15) is 11.5 Å². The molecular weight excluding hydrogens is 536 g/mol. The largest absolute Gasteiger partial charge is 0.454 e. The number of ketones is 2. The van der Waals surface area contributed by atoms with Crippen molar-refractivity contribution in [3.63, 3.8) is 0 Å². The van der Waals surface area contributed by atoms with Crippen molar-refractivity contribution >= 4 is 45.8 Å². The average Bonchev–Trinajstić information content (AvgIpc) is 3.79. The number of ether oxygens (including phenoxy) is 2. The van der Waals surface area contributed by atoms with E-state index in [2.05, 4.69) is 11.4 Å². The first-order valence-electron chi connectivity index (χ1n) is 13.5. The number of fused-ring (bicyclic) bond motifs is 7. The standard InChI is InChI=1S/C33H24N2O5S/c1-18-15-27-33(21-8-3-4-9-22(21)34-32(33)38)28(30(36)19-12-13-24-25(16-19)40-17-39-24)29(31(37)26-11-6-14-41-26)35(27)23-10-5-2-7-20(18)23/h2-16,27-29H,17H2,1H3,(H,34,38)/t27-,28+,29-,33+/m0/s1. The number of anilines is 2. The van der Waals surface area contributed by atoms with Crippen molar-refractivity contribution in [3.8, 4) is 11.5 Å². The van der Waals surface area contributed by atoms with Gasteiger partial charge in [0.2, 0.25) is 12.7 Å². The second kappa shape index (κ2) is 8.65. The smallest absolute Gasteiger partial charge is 0.238 e. The molecule has 1 fully saturated rings. The molecule has 0 saturated carbocycles. The Balaban J connectivity index is 1.43. The molecule has 1 N–H and O–H groups in total. The van der Waals surface area contributed by atoms with Gasteiger partial charge in [0, 0.05) is 22.5 Å². The topological polar surface area (TPSA) is 84.9 Å². The summed E-state index contributed by atoms with van der Waals surface area (Å²) in [4.78, 5) is 46.5. The van der Waals surface area contributed by atoms with E-state index in [-0.39, 0.29) is 24.3 Å². The normalized spacial score (nSPS) is 24.9. The Kier molecular flexibility index (Phi) is 5.09. The van der Waals surface area contributed by atoms with Crippen LogP contribution in [0.5, 0.6) is 11.5 Å². The molecule has 41 heavy (non-hydrogen) atoms. The number of benzene rings is 3. The predicted octanol–water partition coefficient (Wildman–Crippen LogP) is 5.72. The van der Waals surface area contributed by atoms with E-state index in [9.17, 15) is 14.4 Å². The average molecular weight is 561 g/mol. The summed E-state index contributed by atoms with van der Waals surface area (Å²) < 4.78 is 11.1. The molecule has 202 valence electrons. The zero-order valence-corrected chi connectivity index (χ0v) is 22.8. The van der Waals surface area contributed by atoms with E-state index in [1.54, 1.807) is 24.3 Å². The lowest BCUT2D eigenvalue weighted by Gasteiger charge is -2.39. The molecule has 1 spiro atoms. The van der Waals surface area contributed by atoms with Gasteiger partial charge in [-0.1, -0.05) is 48.5 Å². The summed E-state index contributed by atoms with van der Waals surface area (Å²) >= 11 is 1.34. The Labute approximate surface area is 240 Å². The molecular formula is C33H24N2O5S. The molecule has 1 aromatic heterocycles. The van der Waals surface area contributed by atoms with E-state index in [0.717, 1.165) is 22.4 Å². The fraction of sp³-hybridized carbons (Fsp3) is 0.182. The molecule has 4 atom stereocenters. The monoisotopic (exact) mass is 560 g/mol. The first-order valence-corrected chi connectivity index (χ1v) is 14.4. The summed E-state index contributed by atoms with van der Waals surface area (Å²) in [6.45, 7) is 2.10. The van der Waals surface area contributed by atoms with Crippen LogP contribution in [-0.2, 0) is 10.2 Å². The number of Topliss-reactive ketones (excluding diaryl/α,β-unsaturated/α-hetero) is 2. The molecule has 4 aliphatic heterocycles. The quantitative estimate of drug-likeness (QED) is 0.321. The molecule has 4 aliphatic rings. The highest BCUT2D eigenvalue weighted by molar-refractivity contribution is 7.12. The van der Waals surface area contributed by atoms with Gasteiger partial charge >= 0.3 is 0 Å². The number of hydrogen-bond acceptors (Lipinski definition) is 7. The fourth-order valence-electron chi connectivity index (χ4n) is 7.18. The summed E-state index contributed by atoms with van der Waals surface area (Å²) in [6, 6.07) is 22.6. The lowest BCUT2D eigenvalue weighted by molar-refractivity contribution is -0.121. The number of amides is 1. The molecule has 5 heterocycles. The van der Waals surface area contributed by atoms with Crippen LogP contribution in [-0.4, -0.2) is 36.4 Å². The van der Waals surface area contributed by atoms with Gasteiger partial charge in [-0.05, 0) is 59.8 Å². The van der Waals surface area contributed by atoms with Gasteiger partial charge in [-0.25, -0.2) is 0 Å². The van der Waals surface area contributed by atoms with Crippen molar-refractivity contribution in [1.29, 1.82) is 0 Å². The first kappa shape index (κ1) is 24.1. The molecule has 0 aliphatic carbocycles. The van der Waals surface area contributed by atoms with Crippen LogP contribution >= 0.6 is 11.3 Å². The Bertz CT molecular complexity index is 1810. The van der Waals surface area contributed by atoms with Crippen LogP contribution in [0.2, 0.25) is 0 Å². The second-order valence-electron chi connectivity index (χ2n) is 10.8. The SMILES string of the molecule is CC1=C[C@@H]2N(c3ccccc31)[C@H](C(=O)c1cccs1)[C@H](C(=O)c1ccc3c(c1)OCO3)[C@]21C(=O)Nc2ccccc21. The maximum Gasteiger partial charge on any atom is 0.238 e. The van der Waals surface area contributed by atoms with Crippen molar-refractivity contribution in [1.82, 2.24) is 0 Å². The number of hydrogen-bond donors (Lipinski definition) is 1. The van der Waals surface area contributed by atoms with E-state index < -0.39 is 23.4 Å². The van der Waals surface area contributed by atoms with Gasteiger partial charge in [0.05, 0.1) is 16.8 Å². The third kappa shape index (κ3) is 3.16. The van der Waals surface area contributed by atoms with E-state index in [0.29, 0.717) is 27.6 Å². The zero-order chi connectivity index (χ0) is 27.9. The number of carbonyl (C=O) groups excluding carboxylic acids is 3. The summed E-state index contributed by atoms with van der Waals surface area (Å²) in [5, 5.41) is 4.93. The van der Waals surface area contributed by atoms with Crippen molar-refractivity contribution in [2.45, 2.75) is 24.4 Å². The summed E-state index contributed by atoms with van der Waals surface area (Å²) in [6.07, 6.45) is 2.06. The lowest BCUT2D eigenvalue weighted by Crippen LogP contribution is -2.51. The first-order chi connectivity index (χ1) is 20.0. The van der Waals surface area contributed by atoms with Gasteiger partial charge in [-0.2, -0.15) is 0 Å². The maximum atomic E-state index is 14.9. The third-order valence-corrected chi connectivity index (χ3v) is 9.74. The summed E-state index contributed by atoms with van der Waals surface area (Å²) in [5.41, 5.74) is 3.22. The van der Waals surface area contributed by atoms with Crippen molar-refractivity contribution < 1.29 is 23.9 Å². The number of carbonyl (C=O) groups is 3. The van der Waals surface area contributed by atoms with E-state index in [1.165, 1.54) is 11.3 Å². The summed E-state index contributed by atoms with van der Waals surface area (Å²) in [7, 11) is 0. The van der Waals surface area contributed by atoms with Crippen molar-refractivity contribution in [2.75, 3.05) is 17.0 Å². The minimum atomic E-state index is -1.35. The maximum absolute atomic E-state index is 14.9. The lowest BCUT2D eigenvalue weighted by atomic mass is 9.64. The van der Waals surface area contributed by atoms with Crippen molar-refractivity contribution in [3.05, 3.63) is 112 Å². The molecule has 4 aromatic rings. The van der Waals surface area contributed by atoms with Crippen LogP contribution < -0.4 is 19.7 Å². The highest BCUT2D eigenvalue weighted by atomic mass is 32.1. The molecule has 0 radical (unpaired) electrons. The van der Waals surface area contributed by atoms with Crippen LogP contribution in [0.4, 0.5) is 11.4 Å². The van der Waals surface area contributed by atoms with Crippen LogP contribution in [0, 0.1) is 5.92 Å². The van der Waals surface area contributed by atoms with E-state index in [4.69, 9.17) is 9.47 Å². The molecule has 1 amide bonds. The van der Waals surface area contributed by atoms with E-state index in [1.807, 2.05) is 71.8 Å². The molecule has 7 nitrogen and oxygen atoms in total. The highest BCUT2D eigenvalue weighted by Gasteiger charge is 2.70. The number of allylic oxidation sites excluding steroid dienone is 1. The van der Waals surface area contributed by atoms with Crippen LogP contribution in [0.15, 0.2) is 90.3 Å². The van der Waals surface area contributed by atoms with Gasteiger partial charge in [-0.3, -0.25) is 14.4 Å². The Morgan fingerprint density at radius 2 is 1.76 bits per heavy atom. The van der Waals surface area contributed by atoms with Crippen molar-refractivity contribution in [2.24, 2.45) is 5.92 Å². The second-order valence-corrected chi connectivity index (χ2v) is 11.7. The predicted molar refractivity (Wildman–Crippen MR) is 156 cm³/mol. The molecule has 0 unspecified atom stereocenters. The Morgan fingerprint density at radius 1 is 0.951 bits per heavy atom. The van der Waals surface area contributed by atoms with Crippen LogP contribution in [0.1, 0.15) is 38.1 Å². The molecule has 8 rings (SSSR count). The molecule has 8 heteroatoms. The zero-order valence-electron chi connectivity index (χ0n) is 22.0. The van der Waals surface area contributed by atoms with Crippen LogP contribution in [0.25, 0.3) is 5.57 Å². The third-order valence-electron chi connectivity index (χ3n) is 8.86. The highest BCUT2D eigenvalue weighted by Crippen LogP contribution is 2.59. The number of rotatable bonds is 4. The fourth-order valence-corrected chi connectivity index (χ4v) is 7.88. The number of para-hydroxylation sites is 2. The molecule has 3 aromatic carbocycles. The Morgan fingerprint density at radius 3 is 2.61 bits per heavy atom. The minimum Gasteiger partial charge on any atom is -0.454 e. The van der Waals surface area contributed by atoms with Crippen LogP contribution in [0.3, 0.4) is 0 Å². The minimum absolute atomic E-state index is 0.0757. The van der Waals surface area contributed by atoms with E-state index >= 15 is 0 Å². The Hall–Kier alpha value is -4.69. The van der Waals surface area contributed by atoms with Gasteiger partial charge < -0.3 is 19.7 Å². The summed E-state index contributed by atoms with van der Waals surface area (Å²) in [5.74, 6) is -0.746. The molecule has 0 bridgehead atoms. The van der Waals surface area contributed by atoms with Gasteiger partial charge in [0.25, 0.3) is 0 Å². The number of nitrogens with zero attached hydrogens (tertiary/aromatic N) is 1. The number of thiophene rings is 1. The molecule has 1 saturated heterocycles. The van der Waals surface area contributed by atoms with Gasteiger partial charge in [0.15, 0.2) is 23.1 Å².